The lowest BCUT2D eigenvalue weighted by Gasteiger charge is -2.30. The number of nitrogens with zero attached hydrogens (tertiary/aromatic N) is 3. The fourth-order valence-electron chi connectivity index (χ4n) is 12.2. The average Bonchev–Trinajstić information content (AvgIpc) is 4.13. The number of hydrogen-bond acceptors (Lipinski definition) is 0. The van der Waals surface area contributed by atoms with Gasteiger partial charge in [0.2, 0.25) is 0 Å². The number of para-hydroxylation sites is 4. The molecule has 0 fully saturated rings. The number of rotatable bonds is 3. The van der Waals surface area contributed by atoms with Crippen LogP contribution in [0.2, 0.25) is 0 Å². The Bertz CT molecular complexity index is 4090. The molecule has 296 valence electrons. The molecule has 0 bridgehead atoms. The molecule has 0 unspecified atom stereocenters. The fraction of sp³-hybridized carbons (Fsp3) is 0.0164. The minimum atomic E-state index is -0.390. The van der Waals surface area contributed by atoms with Gasteiger partial charge >= 0.3 is 0 Å². The van der Waals surface area contributed by atoms with Crippen molar-refractivity contribution < 1.29 is 0 Å². The lowest BCUT2D eigenvalue weighted by Crippen LogP contribution is -2.25. The minimum absolute atomic E-state index is 0.390. The highest BCUT2D eigenvalue weighted by molar-refractivity contribution is 6.22. The molecule has 2 aliphatic rings. The lowest BCUT2D eigenvalue weighted by atomic mass is 9.70. The van der Waals surface area contributed by atoms with Crippen LogP contribution in [0.5, 0.6) is 0 Å². The van der Waals surface area contributed by atoms with Gasteiger partial charge in [-0.15, -0.1) is 0 Å². The number of hydrogen-bond donors (Lipinski definition) is 0. The monoisotopic (exact) mass is 811 g/mol. The molecule has 0 N–H and O–H groups in total. The summed E-state index contributed by atoms with van der Waals surface area (Å²) in [6.45, 7) is 0. The maximum absolute atomic E-state index is 2.53. The third-order valence-electron chi connectivity index (χ3n) is 14.6. The van der Waals surface area contributed by atoms with Crippen molar-refractivity contribution in [1.29, 1.82) is 0 Å². The third-order valence-corrected chi connectivity index (χ3v) is 14.6. The van der Waals surface area contributed by atoms with Gasteiger partial charge in [-0.2, -0.15) is 0 Å². The van der Waals surface area contributed by atoms with Crippen molar-refractivity contribution in [2.75, 3.05) is 0 Å². The summed E-state index contributed by atoms with van der Waals surface area (Å²) in [7, 11) is 0. The van der Waals surface area contributed by atoms with Crippen LogP contribution in [0.15, 0.2) is 224 Å². The van der Waals surface area contributed by atoms with E-state index in [0.29, 0.717) is 0 Å². The molecule has 1 spiro atoms. The van der Waals surface area contributed by atoms with E-state index < -0.39 is 0 Å². The van der Waals surface area contributed by atoms with Crippen molar-refractivity contribution in [3.05, 3.63) is 247 Å². The summed E-state index contributed by atoms with van der Waals surface area (Å²) in [5, 5.41) is 6.27. The Balaban J connectivity index is 1.04. The van der Waals surface area contributed by atoms with Crippen LogP contribution in [-0.2, 0) is 5.41 Å². The molecule has 0 saturated heterocycles. The van der Waals surface area contributed by atoms with Crippen molar-refractivity contribution in [3.63, 3.8) is 0 Å². The van der Waals surface area contributed by atoms with Crippen LogP contribution in [0.4, 0.5) is 0 Å². The molecule has 13 aromatic rings. The molecule has 2 aliphatic carbocycles. The van der Waals surface area contributed by atoms with Gasteiger partial charge < -0.3 is 4.57 Å². The van der Waals surface area contributed by atoms with E-state index in [1.54, 1.807) is 0 Å². The molecule has 3 heteroatoms. The third kappa shape index (κ3) is 4.17. The fourth-order valence-corrected chi connectivity index (χ4v) is 12.2. The molecule has 3 heterocycles. The summed E-state index contributed by atoms with van der Waals surface area (Å²) < 4.78 is 7.46. The second-order valence-electron chi connectivity index (χ2n) is 17.6. The maximum Gasteiger partial charge on any atom is 0.131 e. The van der Waals surface area contributed by atoms with Crippen molar-refractivity contribution in [3.8, 4) is 44.8 Å². The molecule has 3 nitrogen and oxygen atoms in total. The predicted molar refractivity (Wildman–Crippen MR) is 265 cm³/mol. The highest BCUT2D eigenvalue weighted by Crippen LogP contribution is 2.63. The molecule has 3 aromatic heterocycles. The summed E-state index contributed by atoms with van der Waals surface area (Å²) in [6.07, 6.45) is 0. The lowest BCUT2D eigenvalue weighted by molar-refractivity contribution is 0.793. The van der Waals surface area contributed by atoms with Crippen LogP contribution in [0.25, 0.3) is 105 Å². The number of fused-ring (bicyclic) bond motifs is 20. The van der Waals surface area contributed by atoms with Gasteiger partial charge in [0.05, 0.1) is 33.0 Å². The predicted octanol–water partition coefficient (Wildman–Crippen LogP) is 15.3. The summed E-state index contributed by atoms with van der Waals surface area (Å²) >= 11 is 0. The second kappa shape index (κ2) is 12.4. The number of benzene rings is 10. The molecule has 0 atom stereocenters. The first-order chi connectivity index (χ1) is 31.8. The quantitative estimate of drug-likeness (QED) is 0.169. The van der Waals surface area contributed by atoms with Crippen molar-refractivity contribution >= 4 is 60.2 Å². The van der Waals surface area contributed by atoms with Crippen LogP contribution in [-0.4, -0.2) is 13.5 Å². The van der Waals surface area contributed by atoms with Crippen LogP contribution in [0, 0.1) is 0 Å². The Morgan fingerprint density at radius 3 is 1.64 bits per heavy atom. The van der Waals surface area contributed by atoms with Gasteiger partial charge in [0.1, 0.15) is 5.65 Å². The van der Waals surface area contributed by atoms with Gasteiger partial charge in [-0.05, 0) is 122 Å². The van der Waals surface area contributed by atoms with Gasteiger partial charge in [0.25, 0.3) is 0 Å². The van der Waals surface area contributed by atoms with E-state index in [4.69, 9.17) is 0 Å². The Morgan fingerprint density at radius 2 is 0.891 bits per heavy atom. The molecule has 0 amide bonds. The Hall–Kier alpha value is -8.40. The SMILES string of the molecule is c1ccc(-n2c3ccc(-c4c5ccccc5n5c6ccccc6n(-c6ccc7c(c6)-c6ccccc6C76c7ccccc7-c7ccccc76)c45)cc3c3c4ccccc4ccc32)cc1. The molecule has 10 aromatic carbocycles. The largest absolute Gasteiger partial charge is 0.309 e. The zero-order valence-electron chi connectivity index (χ0n) is 34.7. The molecule has 0 aliphatic heterocycles. The highest BCUT2D eigenvalue weighted by Gasteiger charge is 2.51. The van der Waals surface area contributed by atoms with E-state index in [1.807, 2.05) is 0 Å². The first-order valence-electron chi connectivity index (χ1n) is 22.3. The summed E-state index contributed by atoms with van der Waals surface area (Å²) in [4.78, 5) is 0. The number of aromatic nitrogens is 3. The first-order valence-corrected chi connectivity index (χ1v) is 22.3. The van der Waals surface area contributed by atoms with Crippen molar-refractivity contribution in [1.82, 2.24) is 13.5 Å². The first kappa shape index (κ1) is 34.2. The van der Waals surface area contributed by atoms with Gasteiger partial charge in [0, 0.05) is 33.1 Å². The zero-order chi connectivity index (χ0) is 41.7. The van der Waals surface area contributed by atoms with Gasteiger partial charge in [0.15, 0.2) is 0 Å². The Kier molecular flexibility index (Phi) is 6.61. The van der Waals surface area contributed by atoms with E-state index in [9.17, 15) is 0 Å². The molecular formula is C61H37N3. The van der Waals surface area contributed by atoms with Gasteiger partial charge in [-0.1, -0.05) is 164 Å². The standard InChI is InChI=1S/C61H37N3/c1-2-17-40(18-3-1)62-54-34-31-39(36-48(54)59-42-19-5-4-16-38(42)30-35-57(59)62)58-46-23-9-13-27-53(46)64-56-29-15-14-28-55(56)63(60(58)64)41-32-33-52-47(37-41)45-22-8-12-26-51(45)61(52)49-24-10-6-20-43(49)44-21-7-11-25-50(44)61/h1-37H. The molecule has 0 saturated carbocycles. The van der Waals surface area contributed by atoms with Crippen LogP contribution >= 0.6 is 0 Å². The molecule has 15 rings (SSSR count). The van der Waals surface area contributed by atoms with Gasteiger partial charge in [-0.25, -0.2) is 0 Å². The van der Waals surface area contributed by atoms with Gasteiger partial charge in [-0.3, -0.25) is 8.97 Å². The van der Waals surface area contributed by atoms with Crippen molar-refractivity contribution in [2.45, 2.75) is 5.41 Å². The van der Waals surface area contributed by atoms with E-state index >= 15 is 0 Å². The Labute approximate surface area is 368 Å². The van der Waals surface area contributed by atoms with Crippen LogP contribution < -0.4 is 0 Å². The normalized spacial score (nSPS) is 13.4. The van der Waals surface area contributed by atoms with E-state index in [-0.39, 0.29) is 5.41 Å². The number of imidazole rings is 1. The molecule has 64 heavy (non-hydrogen) atoms. The summed E-state index contributed by atoms with van der Waals surface area (Å²) in [5.41, 5.74) is 22.1. The molecule has 0 radical (unpaired) electrons. The topological polar surface area (TPSA) is 14.3 Å². The summed E-state index contributed by atoms with van der Waals surface area (Å²) in [5.74, 6) is 0. The maximum atomic E-state index is 2.53. The van der Waals surface area contributed by atoms with Crippen LogP contribution in [0.3, 0.4) is 0 Å². The second-order valence-corrected chi connectivity index (χ2v) is 17.6. The molecular weight excluding hydrogens is 775 g/mol. The summed E-state index contributed by atoms with van der Waals surface area (Å²) in [6, 6.07) is 83.7. The smallest absolute Gasteiger partial charge is 0.131 e. The average molecular weight is 812 g/mol. The minimum Gasteiger partial charge on any atom is -0.309 e. The van der Waals surface area contributed by atoms with Crippen molar-refractivity contribution in [2.24, 2.45) is 0 Å². The zero-order valence-corrected chi connectivity index (χ0v) is 34.7. The van der Waals surface area contributed by atoms with E-state index in [2.05, 4.69) is 238 Å². The Morgan fingerprint density at radius 1 is 0.312 bits per heavy atom. The highest BCUT2D eigenvalue weighted by atomic mass is 15.1. The van der Waals surface area contributed by atoms with E-state index in [1.165, 1.54) is 110 Å². The van der Waals surface area contributed by atoms with E-state index in [0.717, 1.165) is 17.0 Å². The van der Waals surface area contributed by atoms with Crippen LogP contribution in [0.1, 0.15) is 22.3 Å².